The fourth-order valence-electron chi connectivity index (χ4n) is 4.48. The van der Waals surface area contributed by atoms with Gasteiger partial charge in [0.1, 0.15) is 11.2 Å². The number of nitrogens with zero attached hydrogens (tertiary/aromatic N) is 5. The van der Waals surface area contributed by atoms with Crippen molar-refractivity contribution < 1.29 is 9.59 Å². The van der Waals surface area contributed by atoms with E-state index in [2.05, 4.69) is 21.3 Å². The minimum absolute atomic E-state index is 0.0118. The fraction of sp³-hybridized carbons (Fsp3) is 0.444. The van der Waals surface area contributed by atoms with Crippen molar-refractivity contribution in [2.24, 2.45) is 10.9 Å². The standard InChI is InChI=1S/C27H30N6O2/c28-19-21-4-3-5-22(18-21)25(34)33-16-14-32(15-17-33)24(23-6-1-2-12-29-23)31-27(10-11-27)26(35)30-13-9-20-7-8-20/h1-6,12,18,20H,7-11,13-17H2,(H,30,35). The Morgan fingerprint density at radius 1 is 1.09 bits per heavy atom. The molecule has 180 valence electrons. The summed E-state index contributed by atoms with van der Waals surface area (Å²) in [5, 5.41) is 12.2. The second kappa shape index (κ2) is 9.87. The molecule has 0 spiro atoms. The summed E-state index contributed by atoms with van der Waals surface area (Å²) in [6, 6.07) is 14.6. The molecule has 1 saturated heterocycles. The first-order valence-corrected chi connectivity index (χ1v) is 12.4. The number of nitriles is 1. The summed E-state index contributed by atoms with van der Waals surface area (Å²) < 4.78 is 0. The van der Waals surface area contributed by atoms with Crippen LogP contribution in [0.1, 0.15) is 53.7 Å². The Morgan fingerprint density at radius 3 is 2.51 bits per heavy atom. The van der Waals surface area contributed by atoms with Gasteiger partial charge in [0.25, 0.3) is 5.91 Å². The molecule has 2 saturated carbocycles. The van der Waals surface area contributed by atoms with E-state index in [9.17, 15) is 9.59 Å². The highest BCUT2D eigenvalue weighted by molar-refractivity contribution is 6.01. The molecule has 3 aliphatic rings. The molecule has 1 N–H and O–H groups in total. The van der Waals surface area contributed by atoms with Gasteiger partial charge in [0.05, 0.1) is 11.6 Å². The maximum absolute atomic E-state index is 13.0. The minimum atomic E-state index is -0.707. The number of carbonyl (C=O) groups excluding carboxylic acids is 2. The van der Waals surface area contributed by atoms with Gasteiger partial charge in [0.15, 0.2) is 5.84 Å². The number of aromatic nitrogens is 1. The maximum atomic E-state index is 13.0. The Bertz CT molecular complexity index is 1160. The smallest absolute Gasteiger partial charge is 0.254 e. The number of hydrogen-bond acceptors (Lipinski definition) is 5. The molecule has 8 heteroatoms. The molecule has 0 atom stereocenters. The normalized spacial score (nSPS) is 19.1. The van der Waals surface area contributed by atoms with Gasteiger partial charge in [-0.25, -0.2) is 4.99 Å². The number of amides is 2. The molecule has 2 amide bonds. The van der Waals surface area contributed by atoms with Crippen molar-refractivity contribution in [1.29, 1.82) is 5.26 Å². The van der Waals surface area contributed by atoms with Gasteiger partial charge in [-0.2, -0.15) is 5.26 Å². The van der Waals surface area contributed by atoms with Crippen molar-refractivity contribution >= 4 is 17.6 Å². The molecular weight excluding hydrogens is 440 g/mol. The van der Waals surface area contributed by atoms with Crippen LogP contribution < -0.4 is 5.32 Å². The third-order valence-corrected chi connectivity index (χ3v) is 7.00. The second-order valence-electron chi connectivity index (χ2n) is 9.64. The summed E-state index contributed by atoms with van der Waals surface area (Å²) in [6.45, 7) is 2.97. The molecule has 2 aliphatic carbocycles. The lowest BCUT2D eigenvalue weighted by molar-refractivity contribution is -0.123. The van der Waals surface area contributed by atoms with E-state index in [1.54, 1.807) is 35.4 Å². The van der Waals surface area contributed by atoms with Crippen LogP contribution in [-0.4, -0.2) is 70.7 Å². The summed E-state index contributed by atoms with van der Waals surface area (Å²) in [6.07, 6.45) is 6.83. The summed E-state index contributed by atoms with van der Waals surface area (Å²) in [5.74, 6) is 1.43. The van der Waals surface area contributed by atoms with Gasteiger partial charge < -0.3 is 15.1 Å². The summed E-state index contributed by atoms with van der Waals surface area (Å²) in [7, 11) is 0. The molecule has 5 rings (SSSR count). The number of benzene rings is 1. The van der Waals surface area contributed by atoms with Crippen LogP contribution in [-0.2, 0) is 4.79 Å². The fourth-order valence-corrected chi connectivity index (χ4v) is 4.48. The molecule has 0 bridgehead atoms. The number of aliphatic imine (C=N–C) groups is 1. The first-order valence-electron chi connectivity index (χ1n) is 12.4. The van der Waals surface area contributed by atoms with Crippen LogP contribution in [0.5, 0.6) is 0 Å². The van der Waals surface area contributed by atoms with E-state index >= 15 is 0 Å². The topological polar surface area (TPSA) is 102 Å². The summed E-state index contributed by atoms with van der Waals surface area (Å²) >= 11 is 0. The zero-order valence-electron chi connectivity index (χ0n) is 19.8. The average Bonchev–Trinajstić information content (AvgIpc) is 3.84. The molecule has 0 unspecified atom stereocenters. The van der Waals surface area contributed by atoms with Crippen LogP contribution in [0, 0.1) is 17.2 Å². The van der Waals surface area contributed by atoms with Crippen molar-refractivity contribution in [2.75, 3.05) is 32.7 Å². The molecule has 1 aromatic heterocycles. The number of rotatable bonds is 7. The number of piperazine rings is 1. The van der Waals surface area contributed by atoms with Crippen molar-refractivity contribution in [2.45, 2.75) is 37.6 Å². The van der Waals surface area contributed by atoms with Gasteiger partial charge in [-0.1, -0.05) is 25.0 Å². The van der Waals surface area contributed by atoms with Gasteiger partial charge in [0.2, 0.25) is 5.91 Å². The van der Waals surface area contributed by atoms with E-state index in [4.69, 9.17) is 10.3 Å². The quantitative estimate of drug-likeness (QED) is 0.495. The zero-order chi connectivity index (χ0) is 24.3. The molecule has 0 radical (unpaired) electrons. The van der Waals surface area contributed by atoms with Gasteiger partial charge in [-0.05, 0) is 55.5 Å². The van der Waals surface area contributed by atoms with Crippen molar-refractivity contribution in [1.82, 2.24) is 20.1 Å². The van der Waals surface area contributed by atoms with Crippen LogP contribution in [0.15, 0.2) is 53.7 Å². The van der Waals surface area contributed by atoms with E-state index in [0.717, 1.165) is 36.7 Å². The van der Waals surface area contributed by atoms with Crippen LogP contribution in [0.4, 0.5) is 0 Å². The highest BCUT2D eigenvalue weighted by Gasteiger charge is 2.51. The maximum Gasteiger partial charge on any atom is 0.254 e. The predicted octanol–water partition coefficient (Wildman–Crippen LogP) is 2.61. The van der Waals surface area contributed by atoms with Gasteiger partial charge in [-0.3, -0.25) is 14.6 Å². The Labute approximate surface area is 205 Å². The zero-order valence-corrected chi connectivity index (χ0v) is 19.8. The highest BCUT2D eigenvalue weighted by atomic mass is 16.2. The largest absolute Gasteiger partial charge is 0.354 e. The molecular formula is C27H30N6O2. The lowest BCUT2D eigenvalue weighted by Crippen LogP contribution is -2.51. The number of nitrogens with one attached hydrogen (secondary N) is 1. The number of carbonyl (C=O) groups is 2. The first-order chi connectivity index (χ1) is 17.1. The Kier molecular flexibility index (Phi) is 6.49. The van der Waals surface area contributed by atoms with Gasteiger partial charge in [0, 0.05) is 44.5 Å². The molecule has 1 aromatic carbocycles. The Balaban J connectivity index is 1.29. The summed E-state index contributed by atoms with van der Waals surface area (Å²) in [4.78, 5) is 39.5. The van der Waals surface area contributed by atoms with E-state index in [1.807, 2.05) is 18.2 Å². The Hall–Kier alpha value is -3.73. The predicted molar refractivity (Wildman–Crippen MR) is 132 cm³/mol. The van der Waals surface area contributed by atoms with E-state index < -0.39 is 5.54 Å². The number of amidine groups is 1. The third-order valence-electron chi connectivity index (χ3n) is 7.00. The molecule has 2 heterocycles. The lowest BCUT2D eigenvalue weighted by atomic mass is 10.1. The van der Waals surface area contributed by atoms with E-state index in [1.165, 1.54) is 12.8 Å². The van der Waals surface area contributed by atoms with E-state index in [-0.39, 0.29) is 11.8 Å². The van der Waals surface area contributed by atoms with Gasteiger partial charge in [-0.15, -0.1) is 0 Å². The monoisotopic (exact) mass is 470 g/mol. The second-order valence-corrected chi connectivity index (χ2v) is 9.64. The molecule has 1 aliphatic heterocycles. The Morgan fingerprint density at radius 2 is 1.86 bits per heavy atom. The molecule has 35 heavy (non-hydrogen) atoms. The average molecular weight is 471 g/mol. The van der Waals surface area contributed by atoms with Crippen molar-refractivity contribution in [3.05, 3.63) is 65.5 Å². The van der Waals surface area contributed by atoms with Crippen LogP contribution in [0.2, 0.25) is 0 Å². The first kappa shape index (κ1) is 23.0. The van der Waals surface area contributed by atoms with Crippen LogP contribution in [0.3, 0.4) is 0 Å². The van der Waals surface area contributed by atoms with Crippen LogP contribution in [0.25, 0.3) is 0 Å². The van der Waals surface area contributed by atoms with Crippen molar-refractivity contribution in [3.63, 3.8) is 0 Å². The van der Waals surface area contributed by atoms with Crippen molar-refractivity contribution in [3.8, 4) is 6.07 Å². The number of hydrogen-bond donors (Lipinski definition) is 1. The van der Waals surface area contributed by atoms with Gasteiger partial charge >= 0.3 is 0 Å². The SMILES string of the molecule is N#Cc1cccc(C(=O)N2CCN(C(=NC3(C(=O)NCCC4CC4)CC3)c3ccccn3)CC2)c1. The highest BCUT2D eigenvalue weighted by Crippen LogP contribution is 2.41. The molecule has 8 nitrogen and oxygen atoms in total. The molecule has 3 fully saturated rings. The van der Waals surface area contributed by atoms with E-state index in [0.29, 0.717) is 43.9 Å². The minimum Gasteiger partial charge on any atom is -0.354 e. The number of pyridine rings is 1. The third kappa shape index (κ3) is 5.35. The molecule has 2 aromatic rings. The lowest BCUT2D eigenvalue weighted by Gasteiger charge is -2.36. The summed E-state index contributed by atoms with van der Waals surface area (Å²) in [5.41, 5.74) is 1.03. The van der Waals surface area contributed by atoms with Crippen LogP contribution >= 0.6 is 0 Å².